The van der Waals surface area contributed by atoms with E-state index in [0.29, 0.717) is 16.8 Å². The van der Waals surface area contributed by atoms with E-state index in [1.165, 1.54) is 18.5 Å². The molecule has 4 nitrogen and oxygen atoms in total. The van der Waals surface area contributed by atoms with Gasteiger partial charge in [-0.05, 0) is 40.5 Å². The molecule has 6 heteroatoms. The summed E-state index contributed by atoms with van der Waals surface area (Å²) in [5.74, 6) is 1.04. The lowest BCUT2D eigenvalue weighted by Crippen LogP contribution is -2.08. The number of halogens is 2. The first kappa shape index (κ1) is 13.0. The molecule has 0 unspecified atom stereocenters. The number of nitrogens with zero attached hydrogens (tertiary/aromatic N) is 3. The summed E-state index contributed by atoms with van der Waals surface area (Å²) in [7, 11) is 0. The molecule has 0 atom stereocenters. The number of aromatic nitrogens is 3. The SMILES string of the molecule is CCCn1ncnc1COc1ccc(F)cc1Br. The Kier molecular flexibility index (Phi) is 4.30. The van der Waals surface area contributed by atoms with Gasteiger partial charge in [-0.1, -0.05) is 6.92 Å². The Balaban J connectivity index is 2.04. The lowest BCUT2D eigenvalue weighted by molar-refractivity contribution is 0.284. The van der Waals surface area contributed by atoms with Crippen LogP contribution in [0.5, 0.6) is 5.75 Å². The molecular weight excluding hydrogens is 301 g/mol. The summed E-state index contributed by atoms with van der Waals surface area (Å²) in [6.07, 6.45) is 2.49. The predicted molar refractivity (Wildman–Crippen MR) is 68.7 cm³/mol. The Morgan fingerprint density at radius 1 is 1.44 bits per heavy atom. The van der Waals surface area contributed by atoms with E-state index in [-0.39, 0.29) is 5.82 Å². The zero-order valence-electron chi connectivity index (χ0n) is 9.94. The summed E-state index contributed by atoms with van der Waals surface area (Å²) in [5.41, 5.74) is 0. The second-order valence-electron chi connectivity index (χ2n) is 3.76. The van der Waals surface area contributed by atoms with E-state index < -0.39 is 0 Å². The van der Waals surface area contributed by atoms with Gasteiger partial charge in [0.15, 0.2) is 5.82 Å². The average molecular weight is 314 g/mol. The van der Waals surface area contributed by atoms with Gasteiger partial charge in [0.25, 0.3) is 0 Å². The zero-order chi connectivity index (χ0) is 13.0. The average Bonchev–Trinajstić information content (AvgIpc) is 2.76. The minimum absolute atomic E-state index is 0.302. The van der Waals surface area contributed by atoms with Gasteiger partial charge in [0.05, 0.1) is 4.47 Å². The molecule has 0 bridgehead atoms. The Hall–Kier alpha value is -1.43. The Labute approximate surface area is 113 Å². The molecular formula is C12H13BrFN3O. The van der Waals surface area contributed by atoms with Crippen LogP contribution < -0.4 is 4.74 Å². The van der Waals surface area contributed by atoms with Crippen molar-refractivity contribution in [3.05, 3.63) is 40.6 Å². The molecule has 96 valence electrons. The van der Waals surface area contributed by atoms with Crippen LogP contribution in [-0.2, 0) is 13.2 Å². The molecule has 1 heterocycles. The van der Waals surface area contributed by atoms with Crippen LogP contribution in [0.2, 0.25) is 0 Å². The first-order valence-corrected chi connectivity index (χ1v) is 6.44. The summed E-state index contributed by atoms with van der Waals surface area (Å²) in [4.78, 5) is 4.13. The summed E-state index contributed by atoms with van der Waals surface area (Å²) in [6.45, 7) is 3.19. The number of ether oxygens (including phenoxy) is 1. The molecule has 0 saturated carbocycles. The molecule has 0 spiro atoms. The molecule has 0 amide bonds. The van der Waals surface area contributed by atoms with Crippen molar-refractivity contribution in [1.82, 2.24) is 14.8 Å². The summed E-state index contributed by atoms with van der Waals surface area (Å²) < 4.78 is 20.9. The van der Waals surface area contributed by atoms with Crippen molar-refractivity contribution in [3.8, 4) is 5.75 Å². The lowest BCUT2D eigenvalue weighted by Gasteiger charge is -2.08. The molecule has 0 aliphatic rings. The fraction of sp³-hybridized carbons (Fsp3) is 0.333. The predicted octanol–water partition coefficient (Wildman–Crippen LogP) is 3.17. The highest BCUT2D eigenvalue weighted by Gasteiger charge is 2.07. The Morgan fingerprint density at radius 3 is 3.00 bits per heavy atom. The van der Waals surface area contributed by atoms with Gasteiger partial charge >= 0.3 is 0 Å². The molecule has 0 aliphatic heterocycles. The van der Waals surface area contributed by atoms with E-state index in [9.17, 15) is 4.39 Å². The molecule has 0 fully saturated rings. The number of hydrogen-bond donors (Lipinski definition) is 0. The van der Waals surface area contributed by atoms with Crippen LogP contribution in [0.3, 0.4) is 0 Å². The Morgan fingerprint density at radius 2 is 2.28 bits per heavy atom. The fourth-order valence-electron chi connectivity index (χ4n) is 1.53. The van der Waals surface area contributed by atoms with Crippen LogP contribution in [0.1, 0.15) is 19.2 Å². The van der Waals surface area contributed by atoms with Gasteiger partial charge in [-0.3, -0.25) is 0 Å². The molecule has 0 aliphatic carbocycles. The topological polar surface area (TPSA) is 39.9 Å². The minimum atomic E-state index is -0.302. The van der Waals surface area contributed by atoms with Crippen LogP contribution >= 0.6 is 15.9 Å². The van der Waals surface area contributed by atoms with Crippen LogP contribution in [-0.4, -0.2) is 14.8 Å². The number of aryl methyl sites for hydroxylation is 1. The highest BCUT2D eigenvalue weighted by atomic mass is 79.9. The largest absolute Gasteiger partial charge is 0.484 e. The molecule has 0 N–H and O–H groups in total. The normalized spacial score (nSPS) is 10.6. The molecule has 18 heavy (non-hydrogen) atoms. The third-order valence-electron chi connectivity index (χ3n) is 2.38. The summed E-state index contributed by atoms with van der Waals surface area (Å²) >= 11 is 3.25. The van der Waals surface area contributed by atoms with Gasteiger partial charge in [0.1, 0.15) is 24.5 Å². The van der Waals surface area contributed by atoms with Crippen molar-refractivity contribution < 1.29 is 9.13 Å². The maximum Gasteiger partial charge on any atom is 0.164 e. The van der Waals surface area contributed by atoms with Crippen molar-refractivity contribution in [2.75, 3.05) is 0 Å². The van der Waals surface area contributed by atoms with E-state index in [2.05, 4.69) is 32.9 Å². The van der Waals surface area contributed by atoms with E-state index in [4.69, 9.17) is 4.74 Å². The maximum atomic E-state index is 12.9. The first-order chi connectivity index (χ1) is 8.70. The molecule has 1 aromatic heterocycles. The lowest BCUT2D eigenvalue weighted by atomic mass is 10.3. The van der Waals surface area contributed by atoms with Crippen LogP contribution in [0.15, 0.2) is 29.0 Å². The summed E-state index contributed by atoms with van der Waals surface area (Å²) in [6, 6.07) is 4.31. The van der Waals surface area contributed by atoms with Crippen molar-refractivity contribution in [3.63, 3.8) is 0 Å². The molecule has 2 aromatic rings. The smallest absolute Gasteiger partial charge is 0.164 e. The van der Waals surface area contributed by atoms with Gasteiger partial charge in [0, 0.05) is 6.54 Å². The minimum Gasteiger partial charge on any atom is -0.484 e. The van der Waals surface area contributed by atoms with Gasteiger partial charge in [-0.2, -0.15) is 5.10 Å². The van der Waals surface area contributed by atoms with E-state index in [1.807, 2.05) is 0 Å². The fourth-order valence-corrected chi connectivity index (χ4v) is 2.00. The zero-order valence-corrected chi connectivity index (χ0v) is 11.5. The molecule has 0 radical (unpaired) electrons. The molecule has 0 saturated heterocycles. The monoisotopic (exact) mass is 313 g/mol. The van der Waals surface area contributed by atoms with Crippen molar-refractivity contribution >= 4 is 15.9 Å². The quantitative estimate of drug-likeness (QED) is 0.851. The van der Waals surface area contributed by atoms with Gasteiger partial charge < -0.3 is 4.74 Å². The van der Waals surface area contributed by atoms with E-state index in [1.54, 1.807) is 10.7 Å². The van der Waals surface area contributed by atoms with E-state index in [0.717, 1.165) is 18.8 Å². The van der Waals surface area contributed by atoms with Crippen LogP contribution in [0.4, 0.5) is 4.39 Å². The second kappa shape index (κ2) is 5.95. The molecule has 1 aromatic carbocycles. The molecule has 2 rings (SSSR count). The third kappa shape index (κ3) is 3.07. The highest BCUT2D eigenvalue weighted by Crippen LogP contribution is 2.26. The van der Waals surface area contributed by atoms with Gasteiger partial charge in [0.2, 0.25) is 0 Å². The van der Waals surface area contributed by atoms with Crippen LogP contribution in [0.25, 0.3) is 0 Å². The van der Waals surface area contributed by atoms with E-state index >= 15 is 0 Å². The van der Waals surface area contributed by atoms with Crippen molar-refractivity contribution in [1.29, 1.82) is 0 Å². The number of benzene rings is 1. The summed E-state index contributed by atoms with van der Waals surface area (Å²) in [5, 5.41) is 4.11. The van der Waals surface area contributed by atoms with Gasteiger partial charge in [-0.15, -0.1) is 0 Å². The third-order valence-corrected chi connectivity index (χ3v) is 3.00. The Bertz CT molecular complexity index is 530. The number of hydrogen-bond acceptors (Lipinski definition) is 3. The highest BCUT2D eigenvalue weighted by molar-refractivity contribution is 9.10. The van der Waals surface area contributed by atoms with Crippen molar-refractivity contribution in [2.24, 2.45) is 0 Å². The second-order valence-corrected chi connectivity index (χ2v) is 4.62. The first-order valence-electron chi connectivity index (χ1n) is 5.65. The number of rotatable bonds is 5. The van der Waals surface area contributed by atoms with Crippen molar-refractivity contribution in [2.45, 2.75) is 26.5 Å². The standard InChI is InChI=1S/C12H13BrFN3O/c1-2-5-17-12(15-8-16-17)7-18-11-4-3-9(14)6-10(11)13/h3-4,6,8H,2,5,7H2,1H3. The van der Waals surface area contributed by atoms with Gasteiger partial charge in [-0.25, -0.2) is 14.1 Å². The maximum absolute atomic E-state index is 12.9. The van der Waals surface area contributed by atoms with Crippen LogP contribution in [0, 0.1) is 5.82 Å².